The van der Waals surface area contributed by atoms with Crippen molar-refractivity contribution in [3.05, 3.63) is 125 Å². The second-order valence-corrected chi connectivity index (χ2v) is 7.34. The molecule has 0 saturated carbocycles. The lowest BCUT2D eigenvalue weighted by molar-refractivity contribution is 1.43. The summed E-state index contributed by atoms with van der Waals surface area (Å²) in [6.45, 7) is 2.11. The van der Waals surface area contributed by atoms with Gasteiger partial charge in [-0.05, 0) is 66.1 Å². The fourth-order valence-electron chi connectivity index (χ4n) is 3.17. The summed E-state index contributed by atoms with van der Waals surface area (Å²) in [5, 5.41) is 0. The molecular weight excluding hydrogens is 359 g/mol. The van der Waals surface area contributed by atoms with Gasteiger partial charge in [-0.15, -0.1) is 0 Å². The molecule has 0 radical (unpaired) electrons. The van der Waals surface area contributed by atoms with Crippen LogP contribution in [0.25, 0.3) is 11.1 Å². The molecule has 4 aromatic rings. The molecule has 1 heteroatoms. The van der Waals surface area contributed by atoms with Crippen LogP contribution in [-0.2, 0) is 0 Å². The van der Waals surface area contributed by atoms with E-state index in [-0.39, 0.29) is 0 Å². The largest absolute Gasteiger partial charge is 0.139 e. The fourth-order valence-corrected chi connectivity index (χ4v) is 3.17. The maximum Gasteiger partial charge on any atom is 0.139 e. The summed E-state index contributed by atoms with van der Waals surface area (Å²) in [5.41, 5.74) is 8.94. The van der Waals surface area contributed by atoms with Crippen LogP contribution in [0.2, 0.25) is 0 Å². The normalized spacial score (nSPS) is 9.77. The third kappa shape index (κ3) is 4.91. The minimum atomic E-state index is 1.01. The van der Waals surface area contributed by atoms with Crippen LogP contribution in [0.4, 0.5) is 0 Å². The maximum absolute atomic E-state index is 3.30. The van der Waals surface area contributed by atoms with E-state index in [4.69, 9.17) is 0 Å². The van der Waals surface area contributed by atoms with E-state index in [1.54, 1.807) is 0 Å². The Balaban J connectivity index is 1.52. The highest BCUT2D eigenvalue weighted by Gasteiger charge is 2.01. The summed E-state index contributed by atoms with van der Waals surface area (Å²) in [6, 6.07) is 33.2. The highest BCUT2D eigenvalue weighted by atomic mass is 14.1. The van der Waals surface area contributed by atoms with E-state index in [2.05, 4.69) is 105 Å². The monoisotopic (exact) mass is 380 g/mol. The average Bonchev–Trinajstić information content (AvgIpc) is 2.79. The molecular formula is C29H21B. The van der Waals surface area contributed by atoms with Gasteiger partial charge >= 0.3 is 0 Å². The highest BCUT2D eigenvalue weighted by molar-refractivity contribution is 6.32. The molecule has 0 bridgehead atoms. The van der Waals surface area contributed by atoms with Gasteiger partial charge in [0.25, 0.3) is 0 Å². The van der Waals surface area contributed by atoms with Crippen molar-refractivity contribution >= 4 is 13.3 Å². The van der Waals surface area contributed by atoms with Gasteiger partial charge in [0.1, 0.15) is 7.85 Å². The molecule has 0 nitrogen and oxygen atoms in total. The van der Waals surface area contributed by atoms with Gasteiger partial charge in [-0.3, -0.25) is 0 Å². The van der Waals surface area contributed by atoms with E-state index >= 15 is 0 Å². The molecule has 4 rings (SSSR count). The first-order valence-corrected chi connectivity index (χ1v) is 10.0. The van der Waals surface area contributed by atoms with Crippen LogP contribution in [-0.4, -0.2) is 7.85 Å². The first-order valence-electron chi connectivity index (χ1n) is 10.0. The van der Waals surface area contributed by atoms with Crippen LogP contribution in [0.1, 0.15) is 27.8 Å². The SMILES string of the molecule is Bc1ccc(C#Cc2ccc(-c3ccc(C#Cc4ccccc4)cc3)cc2C)cc1. The smallest absolute Gasteiger partial charge is 0.0889 e. The number of hydrogen-bond acceptors (Lipinski definition) is 0. The Labute approximate surface area is 180 Å². The van der Waals surface area contributed by atoms with Crippen LogP contribution in [0.15, 0.2) is 97.1 Å². The molecule has 0 heterocycles. The lowest BCUT2D eigenvalue weighted by Crippen LogP contribution is -1.99. The van der Waals surface area contributed by atoms with Gasteiger partial charge in [0.05, 0.1) is 0 Å². The number of rotatable bonds is 1. The summed E-state index contributed by atoms with van der Waals surface area (Å²) in [6.07, 6.45) is 0. The van der Waals surface area contributed by atoms with Gasteiger partial charge in [0, 0.05) is 22.3 Å². The van der Waals surface area contributed by atoms with Crippen molar-refractivity contribution in [3.63, 3.8) is 0 Å². The van der Waals surface area contributed by atoms with Crippen molar-refractivity contribution < 1.29 is 0 Å². The van der Waals surface area contributed by atoms with E-state index < -0.39 is 0 Å². The van der Waals surface area contributed by atoms with Crippen molar-refractivity contribution in [2.75, 3.05) is 0 Å². The Kier molecular flexibility index (Phi) is 5.84. The van der Waals surface area contributed by atoms with E-state index in [0.29, 0.717) is 0 Å². The molecule has 0 aromatic heterocycles. The molecule has 0 amide bonds. The summed E-state index contributed by atoms with van der Waals surface area (Å²) >= 11 is 0. The quantitative estimate of drug-likeness (QED) is 0.331. The Morgan fingerprint density at radius 3 is 1.70 bits per heavy atom. The molecule has 0 spiro atoms. The lowest BCUT2D eigenvalue weighted by atomic mass is 9.95. The summed E-state index contributed by atoms with van der Waals surface area (Å²) in [5.74, 6) is 13.0. The van der Waals surface area contributed by atoms with Gasteiger partial charge < -0.3 is 0 Å². The first kappa shape index (κ1) is 19.4. The average molecular weight is 380 g/mol. The minimum Gasteiger partial charge on any atom is -0.0889 e. The summed E-state index contributed by atoms with van der Waals surface area (Å²) < 4.78 is 0. The predicted molar refractivity (Wildman–Crippen MR) is 130 cm³/mol. The maximum atomic E-state index is 3.30. The molecule has 140 valence electrons. The second kappa shape index (κ2) is 9.04. The van der Waals surface area contributed by atoms with E-state index in [1.165, 1.54) is 22.2 Å². The Bertz CT molecular complexity index is 1270. The highest BCUT2D eigenvalue weighted by Crippen LogP contribution is 2.22. The third-order valence-corrected chi connectivity index (χ3v) is 4.96. The van der Waals surface area contributed by atoms with Crippen LogP contribution in [0.5, 0.6) is 0 Å². The van der Waals surface area contributed by atoms with E-state index in [9.17, 15) is 0 Å². The Hall–Kier alpha value is -3.94. The van der Waals surface area contributed by atoms with Gasteiger partial charge in [-0.25, -0.2) is 0 Å². The lowest BCUT2D eigenvalue weighted by Gasteiger charge is -2.05. The van der Waals surface area contributed by atoms with Crippen LogP contribution in [0, 0.1) is 30.6 Å². The Morgan fingerprint density at radius 1 is 0.533 bits per heavy atom. The van der Waals surface area contributed by atoms with E-state index in [0.717, 1.165) is 22.3 Å². The molecule has 30 heavy (non-hydrogen) atoms. The third-order valence-electron chi connectivity index (χ3n) is 4.96. The molecule has 0 atom stereocenters. The number of aryl methyl sites for hydroxylation is 1. The standard InChI is InChI=1S/C29H21B/c1-22-21-28(18-17-26(22)14-9-25-12-19-29(30)20-13-25)27-15-10-24(11-16-27)8-7-23-5-3-2-4-6-23/h2-6,10-13,15-21H,30H2,1H3. The van der Waals surface area contributed by atoms with Crippen LogP contribution >= 0.6 is 0 Å². The van der Waals surface area contributed by atoms with E-state index in [1.807, 2.05) is 30.3 Å². The first-order chi connectivity index (χ1) is 14.7. The van der Waals surface area contributed by atoms with Crippen LogP contribution < -0.4 is 5.46 Å². The van der Waals surface area contributed by atoms with Crippen molar-refractivity contribution in [2.24, 2.45) is 0 Å². The van der Waals surface area contributed by atoms with Gasteiger partial charge in [0.2, 0.25) is 0 Å². The molecule has 4 aromatic carbocycles. The number of benzene rings is 4. The molecule has 0 fully saturated rings. The molecule has 0 N–H and O–H groups in total. The molecule has 0 aliphatic rings. The second-order valence-electron chi connectivity index (χ2n) is 7.34. The van der Waals surface area contributed by atoms with Gasteiger partial charge in [0.15, 0.2) is 0 Å². The molecule has 0 saturated heterocycles. The van der Waals surface area contributed by atoms with Crippen molar-refractivity contribution in [3.8, 4) is 34.8 Å². The molecule has 0 unspecified atom stereocenters. The zero-order valence-corrected chi connectivity index (χ0v) is 17.2. The minimum absolute atomic E-state index is 1.01. The van der Waals surface area contributed by atoms with Crippen LogP contribution in [0.3, 0.4) is 0 Å². The Morgan fingerprint density at radius 2 is 1.07 bits per heavy atom. The topological polar surface area (TPSA) is 0 Å². The zero-order chi connectivity index (χ0) is 20.8. The number of hydrogen-bond donors (Lipinski definition) is 0. The van der Waals surface area contributed by atoms with Crippen molar-refractivity contribution in [1.82, 2.24) is 0 Å². The summed E-state index contributed by atoms with van der Waals surface area (Å²) in [4.78, 5) is 0. The molecule has 0 aliphatic carbocycles. The van der Waals surface area contributed by atoms with Gasteiger partial charge in [-0.2, -0.15) is 0 Å². The predicted octanol–water partition coefficient (Wildman–Crippen LogP) is 4.72. The molecule has 0 aliphatic heterocycles. The van der Waals surface area contributed by atoms with Crippen molar-refractivity contribution in [2.45, 2.75) is 6.92 Å². The summed E-state index contributed by atoms with van der Waals surface area (Å²) in [7, 11) is 2.09. The van der Waals surface area contributed by atoms with Gasteiger partial charge in [-0.1, -0.05) is 83.7 Å². The van der Waals surface area contributed by atoms with Crippen molar-refractivity contribution in [1.29, 1.82) is 0 Å². The fraction of sp³-hybridized carbons (Fsp3) is 0.0345. The zero-order valence-electron chi connectivity index (χ0n) is 17.2.